The molecule has 2 aromatic heterocycles. The van der Waals surface area contributed by atoms with Gasteiger partial charge in [0.05, 0.1) is 0 Å². The van der Waals surface area contributed by atoms with Gasteiger partial charge in [-0.05, 0) is 87.2 Å². The molecule has 0 radical (unpaired) electrons. The number of nitrogens with one attached hydrogen (secondary N) is 1. The van der Waals surface area contributed by atoms with Gasteiger partial charge in [-0.3, -0.25) is 14.7 Å². The number of likely N-dealkylation sites (tertiary alicyclic amines) is 1. The molecule has 7 heteroatoms. The summed E-state index contributed by atoms with van der Waals surface area (Å²) < 4.78 is 0. The van der Waals surface area contributed by atoms with E-state index in [2.05, 4.69) is 36.6 Å². The van der Waals surface area contributed by atoms with E-state index in [-0.39, 0.29) is 0 Å². The maximum atomic E-state index is 12.4. The third-order valence-electron chi connectivity index (χ3n) is 8.29. The summed E-state index contributed by atoms with van der Waals surface area (Å²) in [5, 5.41) is 13.6. The van der Waals surface area contributed by atoms with Gasteiger partial charge in [-0.1, -0.05) is 25.0 Å². The van der Waals surface area contributed by atoms with Crippen molar-refractivity contribution in [3.05, 3.63) is 53.0 Å². The lowest BCUT2D eigenvalue weighted by Crippen LogP contribution is -2.34. The maximum absolute atomic E-state index is 12.4. The van der Waals surface area contributed by atoms with Gasteiger partial charge in [0.25, 0.3) is 0 Å². The van der Waals surface area contributed by atoms with E-state index in [1.165, 1.54) is 30.5 Å². The summed E-state index contributed by atoms with van der Waals surface area (Å²) in [4.78, 5) is 24.0. The highest BCUT2D eigenvalue weighted by molar-refractivity contribution is 7.17. The van der Waals surface area contributed by atoms with Crippen LogP contribution in [0.25, 0.3) is 0 Å². The zero-order valence-electron chi connectivity index (χ0n) is 20.7. The number of aromatic nitrogens is 2. The number of unbranched alkanes of at least 4 members (excludes halogenated alkanes) is 1. The second-order valence-corrected chi connectivity index (χ2v) is 11.5. The first-order chi connectivity index (χ1) is 17.1. The molecule has 0 amide bonds. The van der Waals surface area contributed by atoms with E-state index in [0.717, 1.165) is 81.7 Å². The van der Waals surface area contributed by atoms with Gasteiger partial charge in [0.2, 0.25) is 0 Å². The molecule has 188 valence electrons. The van der Waals surface area contributed by atoms with Crippen molar-refractivity contribution in [2.45, 2.75) is 81.8 Å². The Morgan fingerprint density at radius 1 is 1.20 bits per heavy atom. The Morgan fingerprint density at radius 3 is 2.89 bits per heavy atom. The van der Waals surface area contributed by atoms with Crippen molar-refractivity contribution in [3.8, 4) is 0 Å². The van der Waals surface area contributed by atoms with Gasteiger partial charge >= 0.3 is 5.97 Å². The van der Waals surface area contributed by atoms with E-state index in [4.69, 9.17) is 4.98 Å². The molecule has 4 heterocycles. The summed E-state index contributed by atoms with van der Waals surface area (Å²) in [7, 11) is 3.07. The van der Waals surface area contributed by atoms with Crippen LogP contribution in [0.5, 0.6) is 0 Å². The van der Waals surface area contributed by atoms with E-state index >= 15 is 0 Å². The molecule has 0 aromatic carbocycles. The molecule has 4 atom stereocenters. The minimum Gasteiger partial charge on any atom is -0.480 e. The van der Waals surface area contributed by atoms with Crippen molar-refractivity contribution < 1.29 is 9.90 Å². The monoisotopic (exact) mass is 494 g/mol. The number of aliphatic carboxylic acids is 1. The minimum absolute atomic E-state index is 0.432. The summed E-state index contributed by atoms with van der Waals surface area (Å²) in [5.41, 5.74) is 4.99. The standard InChI is InChI=1S/C28H39N4O2P/c33-28(34)26(23-10-5-15-29-25(23)19-6-3-7-19)32-17-14-21(18-32)24(35)11-2-1-9-22-13-12-20-8-4-16-30-27(20)31-22/h5,10,12-13,15,19,21,24,26H,1-4,6-9,11,14,16-18,35H2,(H,30,31)(H,33,34)/t21?,24-,26+/m0/s1. The lowest BCUT2D eigenvalue weighted by molar-refractivity contribution is -0.143. The fraction of sp³-hybridized carbons (Fsp3) is 0.607. The fourth-order valence-electron chi connectivity index (χ4n) is 6.00. The largest absolute Gasteiger partial charge is 0.480 e. The first-order valence-corrected chi connectivity index (χ1v) is 14.2. The Labute approximate surface area is 211 Å². The second kappa shape index (κ2) is 11.3. The van der Waals surface area contributed by atoms with Gasteiger partial charge in [0.1, 0.15) is 11.9 Å². The van der Waals surface area contributed by atoms with Crippen molar-refractivity contribution in [3.63, 3.8) is 0 Å². The minimum atomic E-state index is -0.744. The van der Waals surface area contributed by atoms with Crippen LogP contribution in [0.2, 0.25) is 0 Å². The number of pyridine rings is 2. The van der Waals surface area contributed by atoms with Crippen molar-refractivity contribution in [2.75, 3.05) is 25.0 Å². The predicted octanol–water partition coefficient (Wildman–Crippen LogP) is 5.21. The Kier molecular flexibility index (Phi) is 7.99. The van der Waals surface area contributed by atoms with Crippen LogP contribution >= 0.6 is 9.24 Å². The molecule has 0 bridgehead atoms. The predicted molar refractivity (Wildman–Crippen MR) is 143 cm³/mol. The van der Waals surface area contributed by atoms with Gasteiger partial charge in [0, 0.05) is 42.2 Å². The number of carboxylic acids is 1. The number of fused-ring (bicyclic) bond motifs is 1. The van der Waals surface area contributed by atoms with Crippen LogP contribution < -0.4 is 5.32 Å². The summed E-state index contributed by atoms with van der Waals surface area (Å²) >= 11 is 0. The summed E-state index contributed by atoms with van der Waals surface area (Å²) in [6.45, 7) is 2.72. The van der Waals surface area contributed by atoms with E-state index in [1.54, 1.807) is 0 Å². The van der Waals surface area contributed by atoms with Gasteiger partial charge in [-0.15, -0.1) is 9.24 Å². The van der Waals surface area contributed by atoms with Crippen LogP contribution in [-0.2, 0) is 17.6 Å². The van der Waals surface area contributed by atoms with Gasteiger partial charge < -0.3 is 10.4 Å². The van der Waals surface area contributed by atoms with Crippen molar-refractivity contribution >= 4 is 21.0 Å². The van der Waals surface area contributed by atoms with Crippen LogP contribution in [0, 0.1) is 5.92 Å². The van der Waals surface area contributed by atoms with Crippen molar-refractivity contribution in [2.24, 2.45) is 5.92 Å². The van der Waals surface area contributed by atoms with Gasteiger partial charge in [0.15, 0.2) is 0 Å². The Bertz CT molecular complexity index is 1030. The molecule has 35 heavy (non-hydrogen) atoms. The molecule has 2 fully saturated rings. The molecular weight excluding hydrogens is 455 g/mol. The third-order valence-corrected chi connectivity index (χ3v) is 9.17. The highest BCUT2D eigenvalue weighted by atomic mass is 31.0. The molecule has 3 aliphatic rings. The van der Waals surface area contributed by atoms with Gasteiger partial charge in [-0.2, -0.15) is 0 Å². The number of hydrogen-bond donors (Lipinski definition) is 2. The van der Waals surface area contributed by atoms with Crippen molar-refractivity contribution in [1.82, 2.24) is 14.9 Å². The first-order valence-electron chi connectivity index (χ1n) is 13.5. The zero-order chi connectivity index (χ0) is 24.2. The number of hydrogen-bond acceptors (Lipinski definition) is 5. The van der Waals surface area contributed by atoms with Crippen LogP contribution in [0.1, 0.15) is 85.8 Å². The molecule has 1 saturated carbocycles. The normalized spacial score (nSPS) is 22.1. The van der Waals surface area contributed by atoms with Crippen LogP contribution in [0.15, 0.2) is 30.5 Å². The molecule has 0 spiro atoms. The molecule has 2 aromatic rings. The van der Waals surface area contributed by atoms with E-state index in [1.807, 2.05) is 18.3 Å². The number of carbonyl (C=O) groups is 1. The number of anilines is 1. The SMILES string of the molecule is O=C(O)[C@@H](c1cccnc1C1CCC1)N1CCC([C@@H](P)CCCCc2ccc3c(n2)NCCC3)C1. The molecule has 1 saturated heterocycles. The molecule has 2 unspecified atom stereocenters. The van der Waals surface area contributed by atoms with E-state index in [0.29, 0.717) is 17.5 Å². The third kappa shape index (κ3) is 5.70. The smallest absolute Gasteiger partial charge is 0.325 e. The molecule has 2 N–H and O–H groups in total. The molecule has 1 aliphatic carbocycles. The van der Waals surface area contributed by atoms with Crippen LogP contribution in [0.3, 0.4) is 0 Å². The average molecular weight is 495 g/mol. The summed E-state index contributed by atoms with van der Waals surface area (Å²) in [5.74, 6) is 1.30. The zero-order valence-corrected chi connectivity index (χ0v) is 21.8. The van der Waals surface area contributed by atoms with Crippen LogP contribution in [0.4, 0.5) is 5.82 Å². The lowest BCUT2D eigenvalue weighted by atomic mass is 9.80. The van der Waals surface area contributed by atoms with Gasteiger partial charge in [-0.25, -0.2) is 4.98 Å². The van der Waals surface area contributed by atoms with E-state index in [9.17, 15) is 9.90 Å². The van der Waals surface area contributed by atoms with E-state index < -0.39 is 12.0 Å². The summed E-state index contributed by atoms with van der Waals surface area (Å²) in [6.07, 6.45) is 13.2. The van der Waals surface area contributed by atoms with Crippen molar-refractivity contribution in [1.29, 1.82) is 0 Å². The molecular formula is C28H39N4O2P. The number of aryl methyl sites for hydroxylation is 2. The first kappa shape index (κ1) is 24.6. The Balaban J connectivity index is 1.13. The maximum Gasteiger partial charge on any atom is 0.325 e. The second-order valence-electron chi connectivity index (χ2n) is 10.6. The Morgan fingerprint density at radius 2 is 2.09 bits per heavy atom. The number of nitrogens with zero attached hydrogens (tertiary/aromatic N) is 3. The highest BCUT2D eigenvalue weighted by Crippen LogP contribution is 2.41. The average Bonchev–Trinajstić information content (AvgIpc) is 3.31. The topological polar surface area (TPSA) is 78.3 Å². The number of carboxylic acid groups (broad SMARTS) is 1. The quantitative estimate of drug-likeness (QED) is 0.349. The Hall–Kier alpha value is -2.04. The highest BCUT2D eigenvalue weighted by Gasteiger charge is 2.38. The lowest BCUT2D eigenvalue weighted by Gasteiger charge is -2.31. The molecule has 5 rings (SSSR count). The summed E-state index contributed by atoms with van der Waals surface area (Å²) in [6, 6.07) is 7.75. The van der Waals surface area contributed by atoms with Crippen LogP contribution in [-0.4, -0.2) is 51.2 Å². The molecule has 6 nitrogen and oxygen atoms in total. The fourth-order valence-corrected chi connectivity index (χ4v) is 6.55. The number of rotatable bonds is 10. The molecule has 2 aliphatic heterocycles.